The van der Waals surface area contributed by atoms with Crippen molar-refractivity contribution in [2.75, 3.05) is 19.0 Å². The van der Waals surface area contributed by atoms with Crippen LogP contribution in [0.1, 0.15) is 41.1 Å². The Balaban J connectivity index is 1.91. The van der Waals surface area contributed by atoms with E-state index in [0.717, 1.165) is 24.0 Å². The minimum Gasteiger partial charge on any atom is -0.496 e. The lowest BCUT2D eigenvalue weighted by atomic mass is 9.98. The first-order valence-corrected chi connectivity index (χ1v) is 9.44. The average Bonchev–Trinajstić information content (AvgIpc) is 3.16. The third-order valence-corrected chi connectivity index (χ3v) is 5.29. The van der Waals surface area contributed by atoms with Crippen LogP contribution in [0.5, 0.6) is 5.75 Å². The lowest BCUT2D eigenvalue weighted by Gasteiger charge is -2.31. The number of pyridine rings is 1. The second-order valence-electron chi connectivity index (χ2n) is 7.21. The summed E-state index contributed by atoms with van der Waals surface area (Å²) in [6, 6.07) is 5.43. The number of hydrogen-bond acceptors (Lipinski definition) is 4. The smallest absolute Gasteiger partial charge is 0.419 e. The molecule has 1 saturated heterocycles. The number of halogens is 6. The zero-order valence-corrected chi connectivity index (χ0v) is 16.9. The third kappa shape index (κ3) is 4.72. The minimum absolute atomic E-state index is 0.0519. The molecule has 1 N–H and O–H groups in total. The average molecular weight is 445 g/mol. The van der Waals surface area contributed by atoms with Gasteiger partial charge in [-0.3, -0.25) is 0 Å². The molecule has 1 fully saturated rings. The Labute approximate surface area is 175 Å². The lowest BCUT2D eigenvalue weighted by Crippen LogP contribution is -2.28. The topological polar surface area (TPSA) is 37.4 Å². The Morgan fingerprint density at radius 3 is 2.52 bits per heavy atom. The summed E-state index contributed by atoms with van der Waals surface area (Å²) in [5.74, 6) is 0.0904. The van der Waals surface area contributed by atoms with Crippen molar-refractivity contribution >= 4 is 5.82 Å². The molecule has 2 aromatic rings. The van der Waals surface area contributed by atoms with Crippen molar-refractivity contribution in [2.24, 2.45) is 0 Å². The number of hydrogen-bond donors (Lipinski definition) is 1. The van der Waals surface area contributed by atoms with Gasteiger partial charge in [0.05, 0.1) is 30.1 Å². The van der Waals surface area contributed by atoms with E-state index in [2.05, 4.69) is 16.9 Å². The van der Waals surface area contributed by atoms with Crippen LogP contribution < -0.4 is 10.1 Å². The van der Waals surface area contributed by atoms with Crippen molar-refractivity contribution in [3.63, 3.8) is 0 Å². The SMILES string of the molecule is C=C(Nc1ncc(C(F)(F)F)cc1C(F)(F)F)N1CCCC1c1cccc(OC)c1C. The van der Waals surface area contributed by atoms with Crippen molar-refractivity contribution in [3.05, 3.63) is 65.1 Å². The van der Waals surface area contributed by atoms with E-state index >= 15 is 0 Å². The maximum atomic E-state index is 13.4. The molecule has 2 heterocycles. The van der Waals surface area contributed by atoms with Gasteiger partial charge < -0.3 is 15.0 Å². The predicted molar refractivity (Wildman–Crippen MR) is 103 cm³/mol. The van der Waals surface area contributed by atoms with Crippen molar-refractivity contribution in [2.45, 2.75) is 38.2 Å². The quantitative estimate of drug-likeness (QED) is 0.560. The number of aromatic nitrogens is 1. The number of likely N-dealkylation sites (tertiary alicyclic amines) is 1. The number of ether oxygens (including phenoxy) is 1. The van der Waals surface area contributed by atoms with Gasteiger partial charge in [0.15, 0.2) is 0 Å². The van der Waals surface area contributed by atoms with Gasteiger partial charge in [0, 0.05) is 12.7 Å². The molecule has 0 bridgehead atoms. The first-order chi connectivity index (χ1) is 14.4. The monoisotopic (exact) mass is 445 g/mol. The molecule has 1 atom stereocenters. The van der Waals surface area contributed by atoms with Crippen LogP contribution in [0.4, 0.5) is 32.2 Å². The van der Waals surface area contributed by atoms with Crippen LogP contribution in [0, 0.1) is 6.92 Å². The number of methoxy groups -OCH3 is 1. The third-order valence-electron chi connectivity index (χ3n) is 5.29. The van der Waals surface area contributed by atoms with Crippen LogP contribution in [-0.2, 0) is 12.4 Å². The number of benzene rings is 1. The van der Waals surface area contributed by atoms with Crippen LogP contribution in [-0.4, -0.2) is 23.5 Å². The molecule has 3 rings (SSSR count). The molecular weight excluding hydrogens is 424 g/mol. The standard InChI is InChI=1S/C21H21F6N3O/c1-12-15(6-4-8-18(12)31-3)17-7-5-9-30(17)13(2)29-19-16(21(25,26)27)10-14(11-28-19)20(22,23)24/h4,6,8,10-11,17H,2,5,7,9H2,1,3H3,(H,28,29). The van der Waals surface area contributed by atoms with Gasteiger partial charge in [-0.25, -0.2) is 4.98 Å². The molecule has 31 heavy (non-hydrogen) atoms. The Kier molecular flexibility index (Phi) is 6.11. The lowest BCUT2D eigenvalue weighted by molar-refractivity contribution is -0.143. The van der Waals surface area contributed by atoms with E-state index in [-0.39, 0.29) is 17.9 Å². The van der Waals surface area contributed by atoms with E-state index in [9.17, 15) is 26.3 Å². The van der Waals surface area contributed by atoms with Gasteiger partial charge in [0.25, 0.3) is 0 Å². The van der Waals surface area contributed by atoms with Gasteiger partial charge in [-0.2, -0.15) is 26.3 Å². The maximum Gasteiger partial charge on any atom is 0.419 e. The fourth-order valence-electron chi connectivity index (χ4n) is 3.77. The van der Waals surface area contributed by atoms with Gasteiger partial charge in [-0.05, 0) is 43.0 Å². The highest BCUT2D eigenvalue weighted by Crippen LogP contribution is 2.41. The molecule has 0 spiro atoms. The summed E-state index contributed by atoms with van der Waals surface area (Å²) in [5, 5.41) is 2.49. The molecule has 168 valence electrons. The summed E-state index contributed by atoms with van der Waals surface area (Å²) < 4.78 is 84.2. The van der Waals surface area contributed by atoms with E-state index < -0.39 is 29.3 Å². The largest absolute Gasteiger partial charge is 0.496 e. The van der Waals surface area contributed by atoms with Crippen molar-refractivity contribution in [1.82, 2.24) is 9.88 Å². The van der Waals surface area contributed by atoms with E-state index in [0.29, 0.717) is 18.5 Å². The van der Waals surface area contributed by atoms with Crippen molar-refractivity contribution in [1.29, 1.82) is 0 Å². The predicted octanol–water partition coefficient (Wildman–Crippen LogP) is 6.16. The molecule has 1 unspecified atom stereocenters. The van der Waals surface area contributed by atoms with Crippen LogP contribution in [0.25, 0.3) is 0 Å². The molecule has 1 aromatic heterocycles. The van der Waals surface area contributed by atoms with Gasteiger partial charge in [0.2, 0.25) is 0 Å². The second-order valence-corrected chi connectivity index (χ2v) is 7.21. The number of anilines is 1. The van der Waals surface area contributed by atoms with Crippen molar-refractivity contribution < 1.29 is 31.1 Å². The van der Waals surface area contributed by atoms with Crippen molar-refractivity contribution in [3.8, 4) is 5.75 Å². The van der Waals surface area contributed by atoms with Crippen LogP contribution in [0.15, 0.2) is 42.9 Å². The summed E-state index contributed by atoms with van der Waals surface area (Å²) >= 11 is 0. The zero-order chi connectivity index (χ0) is 23.0. The van der Waals surface area contributed by atoms with E-state index in [1.54, 1.807) is 12.0 Å². The Bertz CT molecular complexity index is 971. The molecule has 10 heteroatoms. The Hall–Kier alpha value is -2.91. The number of nitrogens with one attached hydrogen (secondary N) is 1. The molecule has 0 radical (unpaired) electrons. The molecule has 1 aliphatic heterocycles. The molecular formula is C21H21F6N3O. The zero-order valence-electron chi connectivity index (χ0n) is 16.9. The fourth-order valence-corrected chi connectivity index (χ4v) is 3.77. The van der Waals surface area contributed by atoms with E-state index in [4.69, 9.17) is 4.74 Å². The molecule has 1 aromatic carbocycles. The molecule has 0 saturated carbocycles. The second kappa shape index (κ2) is 8.32. The maximum absolute atomic E-state index is 13.4. The molecule has 4 nitrogen and oxygen atoms in total. The van der Waals surface area contributed by atoms with Gasteiger partial charge >= 0.3 is 12.4 Å². The summed E-state index contributed by atoms with van der Waals surface area (Å²) in [6.07, 6.45) is -8.08. The van der Waals surface area contributed by atoms with Crippen LogP contribution >= 0.6 is 0 Å². The Morgan fingerprint density at radius 2 is 1.90 bits per heavy atom. The van der Waals surface area contributed by atoms with Gasteiger partial charge in [-0.15, -0.1) is 0 Å². The molecule has 1 aliphatic rings. The van der Waals surface area contributed by atoms with E-state index in [1.807, 2.05) is 25.1 Å². The fraction of sp³-hybridized carbons (Fsp3) is 0.381. The first-order valence-electron chi connectivity index (χ1n) is 9.44. The van der Waals surface area contributed by atoms with Gasteiger partial charge in [-0.1, -0.05) is 18.7 Å². The molecule has 0 aliphatic carbocycles. The highest BCUT2D eigenvalue weighted by molar-refractivity contribution is 5.51. The highest BCUT2D eigenvalue weighted by atomic mass is 19.4. The Morgan fingerprint density at radius 1 is 1.19 bits per heavy atom. The first kappa shape index (κ1) is 22.8. The van der Waals surface area contributed by atoms with Crippen LogP contribution in [0.3, 0.4) is 0 Å². The number of nitrogens with zero attached hydrogens (tertiary/aromatic N) is 2. The van der Waals surface area contributed by atoms with Gasteiger partial charge in [0.1, 0.15) is 11.6 Å². The van der Waals surface area contributed by atoms with Crippen LogP contribution in [0.2, 0.25) is 0 Å². The number of alkyl halides is 6. The summed E-state index contributed by atoms with van der Waals surface area (Å²) in [5.41, 5.74) is -1.13. The highest BCUT2D eigenvalue weighted by Gasteiger charge is 2.40. The minimum atomic E-state index is -5.02. The molecule has 0 amide bonds. The van der Waals surface area contributed by atoms with E-state index in [1.165, 1.54) is 0 Å². The summed E-state index contributed by atoms with van der Waals surface area (Å²) in [6.45, 7) is 6.24. The summed E-state index contributed by atoms with van der Waals surface area (Å²) in [4.78, 5) is 5.20. The summed E-state index contributed by atoms with van der Waals surface area (Å²) in [7, 11) is 1.55. The number of rotatable bonds is 5. The normalized spacial score (nSPS) is 17.0.